The molecule has 144 valence electrons. The van der Waals surface area contributed by atoms with E-state index >= 15 is 0 Å². The van der Waals surface area contributed by atoms with E-state index in [1.54, 1.807) is 30.6 Å². The summed E-state index contributed by atoms with van der Waals surface area (Å²) in [5.41, 5.74) is 0.872. The molecule has 1 unspecified atom stereocenters. The maximum Gasteiger partial charge on any atom is 0.241 e. The fourth-order valence-electron chi connectivity index (χ4n) is 2.51. The van der Waals surface area contributed by atoms with E-state index in [0.717, 1.165) is 12.0 Å². The maximum atomic E-state index is 12.6. The third-order valence-corrected chi connectivity index (χ3v) is 5.51. The second-order valence-corrected chi connectivity index (χ2v) is 7.79. The van der Waals surface area contributed by atoms with Gasteiger partial charge in [0.25, 0.3) is 0 Å². The minimum atomic E-state index is -3.89. The van der Waals surface area contributed by atoms with Gasteiger partial charge in [-0.15, -0.1) is 0 Å². The molecule has 0 radical (unpaired) electrons. The molecule has 0 saturated carbocycles. The number of benzene rings is 1. The number of fused-ring (bicyclic) bond motifs is 1. The van der Waals surface area contributed by atoms with Crippen molar-refractivity contribution in [1.82, 2.24) is 15.0 Å². The number of aromatic nitrogens is 1. The van der Waals surface area contributed by atoms with E-state index in [0.29, 0.717) is 24.7 Å². The molecule has 27 heavy (non-hydrogen) atoms. The second-order valence-electron chi connectivity index (χ2n) is 6.08. The average Bonchev–Trinajstić information content (AvgIpc) is 2.91. The lowest BCUT2D eigenvalue weighted by Crippen LogP contribution is -2.44. The first-order chi connectivity index (χ1) is 13.0. The van der Waals surface area contributed by atoms with Crippen LogP contribution < -0.4 is 19.5 Å². The SMILES string of the molecule is CC(NS(=O)(=O)c1ccc2c(c1)OCCCO2)C(=O)NCc1ccncc1. The van der Waals surface area contributed by atoms with E-state index < -0.39 is 22.0 Å². The van der Waals surface area contributed by atoms with Crippen molar-refractivity contribution in [2.75, 3.05) is 13.2 Å². The Morgan fingerprint density at radius 2 is 1.85 bits per heavy atom. The van der Waals surface area contributed by atoms with Gasteiger partial charge in [0.15, 0.2) is 11.5 Å². The molecule has 0 spiro atoms. The van der Waals surface area contributed by atoms with E-state index in [1.807, 2.05) is 0 Å². The molecule has 0 bridgehead atoms. The summed E-state index contributed by atoms with van der Waals surface area (Å²) >= 11 is 0. The smallest absolute Gasteiger partial charge is 0.241 e. The standard InChI is InChI=1S/C18H21N3O5S/c1-13(18(22)20-12-14-5-7-19-8-6-14)21-27(23,24)15-3-4-16-17(11-15)26-10-2-9-25-16/h3-8,11,13,21H,2,9-10,12H2,1H3,(H,20,22). The Kier molecular flexibility index (Phi) is 5.92. The molecule has 1 amide bonds. The van der Waals surface area contributed by atoms with Crippen LogP contribution in [0.5, 0.6) is 11.5 Å². The van der Waals surface area contributed by atoms with Gasteiger partial charge in [-0.2, -0.15) is 4.72 Å². The Morgan fingerprint density at radius 3 is 2.59 bits per heavy atom. The van der Waals surface area contributed by atoms with Gasteiger partial charge < -0.3 is 14.8 Å². The Hall–Kier alpha value is -2.65. The van der Waals surface area contributed by atoms with Gasteiger partial charge in [-0.05, 0) is 36.8 Å². The lowest BCUT2D eigenvalue weighted by Gasteiger charge is -2.15. The van der Waals surface area contributed by atoms with Crippen LogP contribution in [0.3, 0.4) is 0 Å². The molecule has 3 rings (SSSR count). The van der Waals surface area contributed by atoms with Gasteiger partial charge in [0, 0.05) is 31.4 Å². The third kappa shape index (κ3) is 4.95. The number of amides is 1. The van der Waals surface area contributed by atoms with Gasteiger partial charge in [0.2, 0.25) is 15.9 Å². The number of hydrogen-bond donors (Lipinski definition) is 2. The van der Waals surface area contributed by atoms with Crippen molar-refractivity contribution in [3.63, 3.8) is 0 Å². The maximum absolute atomic E-state index is 12.6. The monoisotopic (exact) mass is 391 g/mol. The summed E-state index contributed by atoms with van der Waals surface area (Å²) in [6.07, 6.45) is 3.97. The number of sulfonamides is 1. The highest BCUT2D eigenvalue weighted by Crippen LogP contribution is 2.31. The van der Waals surface area contributed by atoms with E-state index in [1.165, 1.54) is 19.1 Å². The van der Waals surface area contributed by atoms with Gasteiger partial charge in [-0.3, -0.25) is 9.78 Å². The number of ether oxygens (including phenoxy) is 2. The molecule has 1 aliphatic rings. The minimum absolute atomic E-state index is 0.0144. The Morgan fingerprint density at radius 1 is 1.15 bits per heavy atom. The number of carbonyl (C=O) groups excluding carboxylic acids is 1. The highest BCUT2D eigenvalue weighted by Gasteiger charge is 2.23. The van der Waals surface area contributed by atoms with Crippen LogP contribution in [0.25, 0.3) is 0 Å². The van der Waals surface area contributed by atoms with Crippen molar-refractivity contribution in [2.45, 2.75) is 30.8 Å². The zero-order valence-electron chi connectivity index (χ0n) is 14.8. The summed E-state index contributed by atoms with van der Waals surface area (Å²) in [6, 6.07) is 7.00. The van der Waals surface area contributed by atoms with Gasteiger partial charge >= 0.3 is 0 Å². The zero-order chi connectivity index (χ0) is 19.3. The van der Waals surface area contributed by atoms with Crippen LogP contribution in [0, 0.1) is 0 Å². The average molecular weight is 391 g/mol. The summed E-state index contributed by atoms with van der Waals surface area (Å²) in [5.74, 6) is 0.462. The number of nitrogens with zero attached hydrogens (tertiary/aromatic N) is 1. The molecule has 2 heterocycles. The fraction of sp³-hybridized carbons (Fsp3) is 0.333. The third-order valence-electron chi connectivity index (χ3n) is 3.97. The van der Waals surface area contributed by atoms with Crippen molar-refractivity contribution in [1.29, 1.82) is 0 Å². The van der Waals surface area contributed by atoms with E-state index in [-0.39, 0.29) is 11.4 Å². The van der Waals surface area contributed by atoms with Crippen LogP contribution in [0.4, 0.5) is 0 Å². The Bertz CT molecular complexity index is 902. The van der Waals surface area contributed by atoms with E-state index in [2.05, 4.69) is 15.0 Å². The minimum Gasteiger partial charge on any atom is -0.490 e. The van der Waals surface area contributed by atoms with Crippen molar-refractivity contribution in [3.8, 4) is 11.5 Å². The summed E-state index contributed by atoms with van der Waals surface area (Å²) < 4.78 is 38.6. The predicted octanol–water partition coefficient (Wildman–Crippen LogP) is 1.23. The normalized spacial score (nSPS) is 14.9. The largest absolute Gasteiger partial charge is 0.490 e. The van der Waals surface area contributed by atoms with Gasteiger partial charge in [0.1, 0.15) is 0 Å². The first-order valence-electron chi connectivity index (χ1n) is 8.54. The van der Waals surface area contributed by atoms with Gasteiger partial charge in [-0.1, -0.05) is 0 Å². The molecule has 1 aromatic heterocycles. The highest BCUT2D eigenvalue weighted by atomic mass is 32.2. The number of hydrogen-bond acceptors (Lipinski definition) is 6. The molecule has 1 aromatic carbocycles. The summed E-state index contributed by atoms with van der Waals surface area (Å²) in [6.45, 7) is 2.75. The van der Waals surface area contributed by atoms with Crippen molar-refractivity contribution >= 4 is 15.9 Å². The summed E-state index contributed by atoms with van der Waals surface area (Å²) in [4.78, 5) is 16.1. The zero-order valence-corrected chi connectivity index (χ0v) is 15.7. The van der Waals surface area contributed by atoms with Crippen molar-refractivity contribution < 1.29 is 22.7 Å². The van der Waals surface area contributed by atoms with Crippen LogP contribution in [0.2, 0.25) is 0 Å². The number of pyridine rings is 1. The molecule has 9 heteroatoms. The van der Waals surface area contributed by atoms with Crippen LogP contribution in [0.15, 0.2) is 47.6 Å². The van der Waals surface area contributed by atoms with Crippen LogP contribution in [-0.4, -0.2) is 38.6 Å². The molecule has 0 fully saturated rings. The second kappa shape index (κ2) is 8.36. The van der Waals surface area contributed by atoms with Gasteiger partial charge in [0.05, 0.1) is 24.2 Å². The van der Waals surface area contributed by atoms with Crippen molar-refractivity contribution in [3.05, 3.63) is 48.3 Å². The molecule has 0 aliphatic carbocycles. The molecule has 0 saturated heterocycles. The van der Waals surface area contributed by atoms with E-state index in [9.17, 15) is 13.2 Å². The quantitative estimate of drug-likeness (QED) is 0.767. The molecule has 2 N–H and O–H groups in total. The molecule has 2 aromatic rings. The molecular formula is C18H21N3O5S. The lowest BCUT2D eigenvalue weighted by atomic mass is 10.2. The van der Waals surface area contributed by atoms with Crippen LogP contribution in [-0.2, 0) is 21.4 Å². The predicted molar refractivity (Wildman–Crippen MR) is 97.9 cm³/mol. The first-order valence-corrected chi connectivity index (χ1v) is 10.0. The number of carbonyl (C=O) groups is 1. The van der Waals surface area contributed by atoms with Crippen LogP contribution in [0.1, 0.15) is 18.9 Å². The molecule has 1 atom stereocenters. The van der Waals surface area contributed by atoms with Gasteiger partial charge in [-0.25, -0.2) is 8.42 Å². The van der Waals surface area contributed by atoms with Crippen molar-refractivity contribution in [2.24, 2.45) is 0 Å². The summed E-state index contributed by atoms with van der Waals surface area (Å²) in [5, 5.41) is 2.69. The highest BCUT2D eigenvalue weighted by molar-refractivity contribution is 7.89. The van der Waals surface area contributed by atoms with E-state index in [4.69, 9.17) is 9.47 Å². The first kappa shape index (κ1) is 19.1. The lowest BCUT2D eigenvalue weighted by molar-refractivity contribution is -0.122. The Balaban J connectivity index is 1.64. The van der Waals surface area contributed by atoms with Crippen LogP contribution >= 0.6 is 0 Å². The molecular weight excluding hydrogens is 370 g/mol. The number of nitrogens with one attached hydrogen (secondary N) is 2. The fourth-order valence-corrected chi connectivity index (χ4v) is 3.73. The topological polar surface area (TPSA) is 107 Å². The molecule has 8 nitrogen and oxygen atoms in total. The number of rotatable bonds is 6. The Labute approximate surface area is 158 Å². The summed E-state index contributed by atoms with van der Waals surface area (Å²) in [7, 11) is -3.89. The molecule has 1 aliphatic heterocycles.